The van der Waals surface area contributed by atoms with Crippen molar-refractivity contribution >= 4 is 26.8 Å². The fraction of sp³-hybridized carbons (Fsp3) is 0.333. The Morgan fingerprint density at radius 1 is 1.12 bits per heavy atom. The molecule has 2 aromatic carbocycles. The van der Waals surface area contributed by atoms with Crippen molar-refractivity contribution in [1.82, 2.24) is 9.47 Å². The molecular formula is C21H23BrN2O2. The SMILES string of the molecule is COc1ccc2c(ccn2C[C@H](O)CN2CCc3ccc(Br)cc3C2)c1. The van der Waals surface area contributed by atoms with E-state index in [2.05, 4.69) is 55.7 Å². The molecule has 4 rings (SSSR count). The standard InChI is InChI=1S/C21H23BrN2O2/c1-26-20-4-5-21-16(11-20)7-9-24(21)14-19(25)13-23-8-6-15-2-3-18(22)10-17(15)12-23/h2-5,7,9-11,19,25H,6,8,12-14H2,1H3/t19-/m1/s1. The van der Waals surface area contributed by atoms with Gasteiger partial charge in [-0.1, -0.05) is 22.0 Å². The van der Waals surface area contributed by atoms with Crippen LogP contribution in [-0.4, -0.2) is 40.9 Å². The van der Waals surface area contributed by atoms with Gasteiger partial charge in [-0.3, -0.25) is 4.90 Å². The Kier molecular flexibility index (Phi) is 5.02. The van der Waals surface area contributed by atoms with E-state index in [0.717, 1.165) is 40.6 Å². The zero-order chi connectivity index (χ0) is 18.1. The van der Waals surface area contributed by atoms with Gasteiger partial charge >= 0.3 is 0 Å². The van der Waals surface area contributed by atoms with Crippen LogP contribution in [0.2, 0.25) is 0 Å². The highest BCUT2D eigenvalue weighted by Crippen LogP contribution is 2.24. The van der Waals surface area contributed by atoms with E-state index in [1.54, 1.807) is 7.11 Å². The molecule has 1 aromatic heterocycles. The maximum absolute atomic E-state index is 10.6. The van der Waals surface area contributed by atoms with Crippen molar-refractivity contribution in [2.45, 2.75) is 25.6 Å². The van der Waals surface area contributed by atoms with Crippen molar-refractivity contribution in [3.05, 3.63) is 64.3 Å². The number of rotatable bonds is 5. The van der Waals surface area contributed by atoms with Crippen molar-refractivity contribution in [3.8, 4) is 5.75 Å². The van der Waals surface area contributed by atoms with Gasteiger partial charge in [0.15, 0.2) is 0 Å². The first-order valence-electron chi connectivity index (χ1n) is 8.93. The summed E-state index contributed by atoms with van der Waals surface area (Å²) in [7, 11) is 1.68. The minimum absolute atomic E-state index is 0.401. The van der Waals surface area contributed by atoms with Gasteiger partial charge in [0.05, 0.1) is 13.2 Å². The van der Waals surface area contributed by atoms with Crippen molar-refractivity contribution in [1.29, 1.82) is 0 Å². The number of aliphatic hydroxyl groups excluding tert-OH is 1. The van der Waals surface area contributed by atoms with Gasteiger partial charge < -0.3 is 14.4 Å². The van der Waals surface area contributed by atoms with Crippen LogP contribution in [-0.2, 0) is 19.5 Å². The molecule has 0 spiro atoms. The molecule has 0 bridgehead atoms. The normalized spacial score (nSPS) is 15.8. The largest absolute Gasteiger partial charge is 0.497 e. The van der Waals surface area contributed by atoms with E-state index in [-0.39, 0.29) is 0 Å². The van der Waals surface area contributed by atoms with E-state index in [4.69, 9.17) is 4.74 Å². The van der Waals surface area contributed by atoms with Gasteiger partial charge in [0.2, 0.25) is 0 Å². The summed E-state index contributed by atoms with van der Waals surface area (Å²) in [4.78, 5) is 2.34. The van der Waals surface area contributed by atoms with Gasteiger partial charge in [0.1, 0.15) is 5.75 Å². The number of β-amino-alcohol motifs (C(OH)–C–C–N with tert-alkyl or cyclic N) is 1. The smallest absolute Gasteiger partial charge is 0.119 e. The molecule has 0 unspecified atom stereocenters. The zero-order valence-electron chi connectivity index (χ0n) is 14.9. The average molecular weight is 415 g/mol. The number of fused-ring (bicyclic) bond motifs is 2. The monoisotopic (exact) mass is 414 g/mol. The first-order valence-corrected chi connectivity index (χ1v) is 9.72. The number of methoxy groups -OCH3 is 1. The molecule has 2 heterocycles. The van der Waals surface area contributed by atoms with E-state index in [1.807, 2.05) is 18.3 Å². The number of nitrogens with zero attached hydrogens (tertiary/aromatic N) is 2. The van der Waals surface area contributed by atoms with E-state index in [1.165, 1.54) is 11.1 Å². The lowest BCUT2D eigenvalue weighted by atomic mass is 10.00. The van der Waals surface area contributed by atoms with Crippen molar-refractivity contribution in [2.24, 2.45) is 0 Å². The Labute approximate surface area is 162 Å². The van der Waals surface area contributed by atoms with Gasteiger partial charge in [-0.15, -0.1) is 0 Å². The number of hydrogen-bond acceptors (Lipinski definition) is 3. The van der Waals surface area contributed by atoms with Gasteiger partial charge in [0.25, 0.3) is 0 Å². The minimum atomic E-state index is -0.401. The number of aromatic nitrogens is 1. The van der Waals surface area contributed by atoms with E-state index >= 15 is 0 Å². The zero-order valence-corrected chi connectivity index (χ0v) is 16.4. The molecule has 0 aliphatic carbocycles. The van der Waals surface area contributed by atoms with Gasteiger partial charge in [-0.05, 0) is 53.9 Å². The van der Waals surface area contributed by atoms with Crippen LogP contribution < -0.4 is 4.74 Å². The van der Waals surface area contributed by atoms with E-state index in [0.29, 0.717) is 13.1 Å². The number of aliphatic hydroxyl groups is 1. The number of ether oxygens (including phenoxy) is 1. The summed E-state index contributed by atoms with van der Waals surface area (Å²) in [5.74, 6) is 0.856. The summed E-state index contributed by atoms with van der Waals surface area (Å²) in [6.45, 7) is 3.17. The third-order valence-corrected chi connectivity index (χ3v) is 5.61. The lowest BCUT2D eigenvalue weighted by Crippen LogP contribution is -2.38. The topological polar surface area (TPSA) is 37.6 Å². The summed E-state index contributed by atoms with van der Waals surface area (Å²) in [6.07, 6.45) is 2.68. The molecule has 0 saturated carbocycles. The van der Waals surface area contributed by atoms with Crippen LogP contribution in [0, 0.1) is 0 Å². The van der Waals surface area contributed by atoms with Crippen molar-refractivity contribution < 1.29 is 9.84 Å². The van der Waals surface area contributed by atoms with Gasteiger partial charge in [0, 0.05) is 47.8 Å². The highest BCUT2D eigenvalue weighted by atomic mass is 79.9. The summed E-state index contributed by atoms with van der Waals surface area (Å²) < 4.78 is 8.52. The fourth-order valence-electron chi connectivity index (χ4n) is 3.79. The van der Waals surface area contributed by atoms with Crippen LogP contribution in [0.4, 0.5) is 0 Å². The van der Waals surface area contributed by atoms with Crippen LogP contribution in [0.25, 0.3) is 10.9 Å². The molecule has 26 heavy (non-hydrogen) atoms. The van der Waals surface area contributed by atoms with E-state index in [9.17, 15) is 5.11 Å². The molecule has 1 N–H and O–H groups in total. The Bertz CT molecular complexity index is 922. The summed E-state index contributed by atoms with van der Waals surface area (Å²) >= 11 is 3.55. The maximum Gasteiger partial charge on any atom is 0.119 e. The molecule has 5 heteroatoms. The van der Waals surface area contributed by atoms with Crippen molar-refractivity contribution in [2.75, 3.05) is 20.2 Å². The van der Waals surface area contributed by atoms with Gasteiger partial charge in [-0.25, -0.2) is 0 Å². The maximum atomic E-state index is 10.6. The molecule has 136 valence electrons. The second-order valence-corrected chi connectivity index (χ2v) is 7.86. The molecule has 0 amide bonds. The van der Waals surface area contributed by atoms with E-state index < -0.39 is 6.10 Å². The fourth-order valence-corrected chi connectivity index (χ4v) is 4.20. The molecule has 0 fully saturated rings. The molecule has 0 saturated heterocycles. The molecular weight excluding hydrogens is 392 g/mol. The quantitative estimate of drug-likeness (QED) is 0.689. The minimum Gasteiger partial charge on any atom is -0.497 e. The molecule has 0 radical (unpaired) electrons. The second-order valence-electron chi connectivity index (χ2n) is 6.94. The summed E-state index contributed by atoms with van der Waals surface area (Å²) in [5, 5.41) is 11.8. The molecule has 4 nitrogen and oxygen atoms in total. The Morgan fingerprint density at radius 2 is 2.00 bits per heavy atom. The third kappa shape index (κ3) is 3.65. The predicted molar refractivity (Wildman–Crippen MR) is 108 cm³/mol. The second kappa shape index (κ2) is 7.43. The van der Waals surface area contributed by atoms with Gasteiger partial charge in [-0.2, -0.15) is 0 Å². The first-order chi connectivity index (χ1) is 12.6. The van der Waals surface area contributed by atoms with Crippen LogP contribution in [0.5, 0.6) is 5.75 Å². The van der Waals surface area contributed by atoms with Crippen LogP contribution in [0.3, 0.4) is 0 Å². The first kappa shape index (κ1) is 17.6. The highest BCUT2D eigenvalue weighted by molar-refractivity contribution is 9.10. The molecule has 3 aromatic rings. The third-order valence-electron chi connectivity index (χ3n) is 5.11. The lowest BCUT2D eigenvalue weighted by molar-refractivity contribution is 0.0927. The van der Waals surface area contributed by atoms with Crippen LogP contribution in [0.1, 0.15) is 11.1 Å². The Hall–Kier alpha value is -1.82. The lowest BCUT2D eigenvalue weighted by Gasteiger charge is -2.30. The molecule has 1 atom stereocenters. The van der Waals surface area contributed by atoms with Crippen LogP contribution >= 0.6 is 15.9 Å². The number of benzene rings is 2. The number of halogens is 1. The molecule has 1 aliphatic rings. The van der Waals surface area contributed by atoms with Crippen LogP contribution in [0.15, 0.2) is 53.1 Å². The average Bonchev–Trinajstić information content (AvgIpc) is 3.03. The summed E-state index contributed by atoms with van der Waals surface area (Å²) in [6, 6.07) is 14.6. The Morgan fingerprint density at radius 3 is 2.85 bits per heavy atom. The predicted octanol–water partition coefficient (Wildman–Crippen LogP) is 3.83. The number of hydrogen-bond donors (Lipinski definition) is 1. The van der Waals surface area contributed by atoms with Crippen molar-refractivity contribution in [3.63, 3.8) is 0 Å². The molecule has 1 aliphatic heterocycles. The summed E-state index contributed by atoms with van der Waals surface area (Å²) in [5.41, 5.74) is 3.90. The highest BCUT2D eigenvalue weighted by Gasteiger charge is 2.19. The Balaban J connectivity index is 1.42.